The van der Waals surface area contributed by atoms with Gasteiger partial charge in [0.05, 0.1) is 11.1 Å². The molecule has 1 aromatic rings. The molecule has 0 aliphatic carbocycles. The molecule has 0 amide bonds. The van der Waals surface area contributed by atoms with Gasteiger partial charge in [-0.3, -0.25) is 0 Å². The molecule has 12 nitrogen and oxygen atoms in total. The average Bonchev–Trinajstić information content (AvgIpc) is 2.80. The zero-order chi connectivity index (χ0) is 23.8. The molecule has 0 spiro atoms. The van der Waals surface area contributed by atoms with E-state index in [4.69, 9.17) is 70.0 Å². The number of methoxy groups -OCH3 is 1. The summed E-state index contributed by atoms with van der Waals surface area (Å²) in [5.74, 6) is 0.664. The van der Waals surface area contributed by atoms with E-state index >= 15 is 0 Å². The van der Waals surface area contributed by atoms with Crippen molar-refractivity contribution in [1.82, 2.24) is 0 Å². The minimum Gasteiger partial charge on any atom is -0.490 e. The lowest BCUT2D eigenvalue weighted by molar-refractivity contribution is -0.372. The van der Waals surface area contributed by atoms with Gasteiger partial charge in [-0.05, 0) is 34.1 Å². The van der Waals surface area contributed by atoms with Gasteiger partial charge in [0, 0.05) is 12.1 Å². The van der Waals surface area contributed by atoms with Crippen LogP contribution >= 0.6 is 27.5 Å². The van der Waals surface area contributed by atoms with E-state index in [1.54, 1.807) is 25.3 Å². The fourth-order valence-corrected chi connectivity index (χ4v) is 2.55. The molecule has 0 unspecified atom stereocenters. The Morgan fingerprint density at radius 2 is 0.939 bits per heavy atom. The molecule has 192 valence electrons. The molecular formula is C19H30BrClO12. The van der Waals surface area contributed by atoms with Crippen LogP contribution in [0.5, 0.6) is 5.75 Å². The summed E-state index contributed by atoms with van der Waals surface area (Å²) in [6.45, 7) is 2.85. The van der Waals surface area contributed by atoms with Crippen molar-refractivity contribution in [2.75, 3.05) is 86.4 Å². The van der Waals surface area contributed by atoms with Crippen molar-refractivity contribution < 1.29 is 58.3 Å². The number of hydrogen-bond acceptors (Lipinski definition) is 12. The Kier molecular flexibility index (Phi) is 21.3. The standard InChI is InChI=1S/C19H30BrClO12/c1-22-4-6-24-26-8-10-28-30-12-14-32-33-15-13-31-29-11-9-27-25-7-5-23-19-3-2-17(21)16-18(19)20/h2-3,16H,4-15H2,1H3. The largest absolute Gasteiger partial charge is 0.490 e. The van der Waals surface area contributed by atoms with E-state index in [9.17, 15) is 0 Å². The highest BCUT2D eigenvalue weighted by molar-refractivity contribution is 9.10. The molecular weight excluding hydrogens is 536 g/mol. The third-order valence-corrected chi connectivity index (χ3v) is 3.96. The van der Waals surface area contributed by atoms with E-state index in [0.29, 0.717) is 30.6 Å². The van der Waals surface area contributed by atoms with Crippen LogP contribution in [0.1, 0.15) is 0 Å². The first-order valence-electron chi connectivity index (χ1n) is 10.0. The first kappa shape index (κ1) is 30.4. The molecule has 14 heteroatoms. The van der Waals surface area contributed by atoms with Crippen LogP contribution in [0, 0.1) is 0 Å². The molecule has 0 heterocycles. The first-order chi connectivity index (χ1) is 16.2. The molecule has 1 rings (SSSR count). The zero-order valence-electron chi connectivity index (χ0n) is 18.4. The second-order valence-electron chi connectivity index (χ2n) is 5.64. The molecule has 0 aliphatic heterocycles. The second-order valence-corrected chi connectivity index (χ2v) is 6.93. The fraction of sp³-hybridized carbons (Fsp3) is 0.684. The summed E-state index contributed by atoms with van der Waals surface area (Å²) in [7, 11) is 1.57. The van der Waals surface area contributed by atoms with Gasteiger partial charge < -0.3 is 9.47 Å². The van der Waals surface area contributed by atoms with Crippen molar-refractivity contribution in [1.29, 1.82) is 0 Å². The van der Waals surface area contributed by atoms with Crippen molar-refractivity contribution in [3.05, 3.63) is 27.7 Å². The van der Waals surface area contributed by atoms with E-state index in [0.717, 1.165) is 4.47 Å². The molecule has 0 saturated carbocycles. The molecule has 0 atom stereocenters. The summed E-state index contributed by atoms with van der Waals surface area (Å²) in [5, 5.41) is 0.620. The maximum atomic E-state index is 5.86. The second kappa shape index (κ2) is 23.1. The Bertz CT molecular complexity index is 572. The summed E-state index contributed by atoms with van der Waals surface area (Å²) in [6, 6.07) is 5.24. The minimum absolute atomic E-state index is 0.169. The van der Waals surface area contributed by atoms with E-state index in [-0.39, 0.29) is 59.5 Å². The van der Waals surface area contributed by atoms with Crippen molar-refractivity contribution in [3.63, 3.8) is 0 Å². The highest BCUT2D eigenvalue weighted by atomic mass is 79.9. The Hall–Kier alpha value is -0.650. The van der Waals surface area contributed by atoms with Gasteiger partial charge >= 0.3 is 0 Å². The van der Waals surface area contributed by atoms with Crippen LogP contribution in [-0.2, 0) is 53.6 Å². The number of rotatable bonds is 24. The molecule has 0 bridgehead atoms. The number of benzene rings is 1. The quantitative estimate of drug-likeness (QED) is 0.104. The number of halogens is 2. The Labute approximate surface area is 205 Å². The summed E-state index contributed by atoms with van der Waals surface area (Å²) < 4.78 is 11.1. The predicted molar refractivity (Wildman–Crippen MR) is 116 cm³/mol. The van der Waals surface area contributed by atoms with Crippen molar-refractivity contribution in [3.8, 4) is 5.75 Å². The minimum atomic E-state index is 0.169. The van der Waals surface area contributed by atoms with Crippen LogP contribution in [0.3, 0.4) is 0 Å². The summed E-state index contributed by atoms with van der Waals surface area (Å²) in [6.07, 6.45) is 0. The van der Waals surface area contributed by atoms with Gasteiger partial charge in [-0.2, -0.15) is 0 Å². The molecule has 0 radical (unpaired) electrons. The van der Waals surface area contributed by atoms with Gasteiger partial charge in [-0.25, -0.2) is 48.9 Å². The van der Waals surface area contributed by atoms with Crippen LogP contribution in [-0.4, -0.2) is 86.4 Å². The normalized spacial score (nSPS) is 11.2. The van der Waals surface area contributed by atoms with Crippen LogP contribution in [0.25, 0.3) is 0 Å². The van der Waals surface area contributed by atoms with Crippen LogP contribution in [0.2, 0.25) is 5.02 Å². The number of ether oxygens (including phenoxy) is 2. The Balaban J connectivity index is 1.71. The first-order valence-corrected chi connectivity index (χ1v) is 11.2. The highest BCUT2D eigenvalue weighted by Crippen LogP contribution is 2.27. The SMILES string of the molecule is COCCOOCCOOCCOOCCOOCCOOCCOc1ccc(Cl)cc1Br. The van der Waals surface area contributed by atoms with E-state index in [2.05, 4.69) is 15.9 Å². The Morgan fingerprint density at radius 3 is 1.30 bits per heavy atom. The fourth-order valence-electron chi connectivity index (χ4n) is 1.76. The summed E-state index contributed by atoms with van der Waals surface area (Å²) >= 11 is 9.22. The Morgan fingerprint density at radius 1 is 0.576 bits per heavy atom. The van der Waals surface area contributed by atoms with Gasteiger partial charge in [0.15, 0.2) is 0 Å². The van der Waals surface area contributed by atoms with Gasteiger partial charge in [0.1, 0.15) is 78.4 Å². The monoisotopic (exact) mass is 564 g/mol. The lowest BCUT2D eigenvalue weighted by Crippen LogP contribution is -2.13. The number of hydrogen-bond donors (Lipinski definition) is 0. The van der Waals surface area contributed by atoms with E-state index in [1.807, 2.05) is 0 Å². The summed E-state index contributed by atoms with van der Waals surface area (Å²) in [5.41, 5.74) is 0. The molecule has 0 aromatic heterocycles. The molecule has 0 fully saturated rings. The lowest BCUT2D eigenvalue weighted by atomic mass is 10.3. The zero-order valence-corrected chi connectivity index (χ0v) is 20.7. The van der Waals surface area contributed by atoms with Gasteiger partial charge in [0.2, 0.25) is 0 Å². The highest BCUT2D eigenvalue weighted by Gasteiger charge is 2.02. The third kappa shape index (κ3) is 19.4. The molecule has 1 aromatic carbocycles. The van der Waals surface area contributed by atoms with Crippen molar-refractivity contribution in [2.45, 2.75) is 0 Å². The van der Waals surface area contributed by atoms with Gasteiger partial charge in [0.25, 0.3) is 0 Å². The lowest BCUT2D eigenvalue weighted by Gasteiger charge is -2.09. The molecule has 0 saturated heterocycles. The van der Waals surface area contributed by atoms with Crippen LogP contribution in [0.4, 0.5) is 0 Å². The molecule has 33 heavy (non-hydrogen) atoms. The van der Waals surface area contributed by atoms with Crippen LogP contribution in [0.15, 0.2) is 22.7 Å². The third-order valence-electron chi connectivity index (χ3n) is 3.11. The van der Waals surface area contributed by atoms with Gasteiger partial charge in [-0.15, -0.1) is 0 Å². The predicted octanol–water partition coefficient (Wildman–Crippen LogP) is 2.87. The van der Waals surface area contributed by atoms with E-state index in [1.165, 1.54) is 0 Å². The molecule has 0 aliphatic rings. The summed E-state index contributed by atoms with van der Waals surface area (Å²) in [4.78, 5) is 48.6. The maximum Gasteiger partial charge on any atom is 0.133 e. The van der Waals surface area contributed by atoms with E-state index < -0.39 is 0 Å². The topological polar surface area (TPSA) is 111 Å². The average molecular weight is 566 g/mol. The van der Waals surface area contributed by atoms with Gasteiger partial charge in [-0.1, -0.05) is 11.6 Å². The smallest absolute Gasteiger partial charge is 0.133 e. The maximum absolute atomic E-state index is 5.86. The van der Waals surface area contributed by atoms with Crippen LogP contribution < -0.4 is 4.74 Å². The molecule has 0 N–H and O–H groups in total. The van der Waals surface area contributed by atoms with Crippen molar-refractivity contribution >= 4 is 27.5 Å². The van der Waals surface area contributed by atoms with Crippen molar-refractivity contribution in [2.24, 2.45) is 0 Å².